The molecule has 0 atom stereocenters. The zero-order valence-corrected chi connectivity index (χ0v) is 15.8. The number of aliphatic hydroxyl groups excluding tert-OH is 1. The molecule has 1 aliphatic rings. The van der Waals surface area contributed by atoms with E-state index in [1.54, 1.807) is 6.20 Å². The molecule has 26 heavy (non-hydrogen) atoms. The minimum Gasteiger partial charge on any atom is -0.460 e. The topological polar surface area (TPSA) is 64.3 Å². The van der Waals surface area contributed by atoms with Crippen LogP contribution in [0.15, 0.2) is 41.7 Å². The molecule has 0 aliphatic heterocycles. The molecular formula is C20H26N2O3S. The van der Waals surface area contributed by atoms with Gasteiger partial charge in [-0.25, -0.2) is 4.98 Å². The Bertz CT molecular complexity index is 696. The Morgan fingerprint density at radius 3 is 2.73 bits per heavy atom. The fraction of sp³-hybridized carbons (Fsp3) is 0.500. The summed E-state index contributed by atoms with van der Waals surface area (Å²) in [4.78, 5) is 16.4. The first-order chi connectivity index (χ1) is 12.8. The molecule has 1 fully saturated rings. The number of aromatic nitrogens is 2. The number of aliphatic hydroxyl groups is 1. The van der Waals surface area contributed by atoms with Gasteiger partial charge in [0, 0.05) is 6.54 Å². The largest absolute Gasteiger partial charge is 0.460 e. The van der Waals surface area contributed by atoms with Gasteiger partial charge < -0.3 is 14.4 Å². The molecule has 0 amide bonds. The van der Waals surface area contributed by atoms with E-state index in [-0.39, 0.29) is 18.3 Å². The lowest BCUT2D eigenvalue weighted by atomic mass is 9.89. The summed E-state index contributed by atoms with van der Waals surface area (Å²) in [5.41, 5.74) is 1.79. The van der Waals surface area contributed by atoms with Crippen molar-refractivity contribution in [2.75, 3.05) is 5.75 Å². The van der Waals surface area contributed by atoms with Crippen LogP contribution >= 0.6 is 11.8 Å². The molecule has 1 N–H and O–H groups in total. The molecule has 0 bridgehead atoms. The van der Waals surface area contributed by atoms with Crippen LogP contribution in [0.2, 0.25) is 0 Å². The van der Waals surface area contributed by atoms with E-state index >= 15 is 0 Å². The second-order valence-electron chi connectivity index (χ2n) is 6.74. The number of carbonyl (C=O) groups excluding carboxylic acids is 1. The Morgan fingerprint density at radius 2 is 2.00 bits per heavy atom. The smallest absolute Gasteiger partial charge is 0.316 e. The van der Waals surface area contributed by atoms with Crippen LogP contribution < -0.4 is 0 Å². The molecule has 3 rings (SSSR count). The van der Waals surface area contributed by atoms with E-state index in [9.17, 15) is 9.90 Å². The molecule has 5 nitrogen and oxygen atoms in total. The third-order valence-corrected chi connectivity index (χ3v) is 5.75. The van der Waals surface area contributed by atoms with Crippen LogP contribution in [0.1, 0.15) is 43.4 Å². The van der Waals surface area contributed by atoms with Gasteiger partial charge in [0.05, 0.1) is 24.3 Å². The quantitative estimate of drug-likeness (QED) is 0.562. The predicted molar refractivity (Wildman–Crippen MR) is 102 cm³/mol. The van der Waals surface area contributed by atoms with Gasteiger partial charge in [-0.3, -0.25) is 4.79 Å². The first-order valence-corrected chi connectivity index (χ1v) is 10.2. The summed E-state index contributed by atoms with van der Waals surface area (Å²) in [6, 6.07) is 9.66. The number of rotatable bonds is 8. The number of hydrogen-bond acceptors (Lipinski definition) is 5. The molecule has 2 aromatic rings. The molecular weight excluding hydrogens is 348 g/mol. The maximum absolute atomic E-state index is 12.0. The molecule has 0 saturated heterocycles. The van der Waals surface area contributed by atoms with Crippen LogP contribution in [-0.4, -0.2) is 26.4 Å². The minimum absolute atomic E-state index is 0.0290. The summed E-state index contributed by atoms with van der Waals surface area (Å²) in [5.74, 6) is 0.601. The lowest BCUT2D eigenvalue weighted by molar-refractivity contribution is -0.141. The zero-order chi connectivity index (χ0) is 18.2. The monoisotopic (exact) mass is 374 g/mol. The molecule has 1 aromatic carbocycles. The molecule has 1 heterocycles. The molecule has 1 aliphatic carbocycles. The van der Waals surface area contributed by atoms with Gasteiger partial charge in [-0.2, -0.15) is 0 Å². The van der Waals surface area contributed by atoms with Crippen molar-refractivity contribution in [3.8, 4) is 0 Å². The van der Waals surface area contributed by atoms with Gasteiger partial charge >= 0.3 is 5.97 Å². The zero-order valence-electron chi connectivity index (χ0n) is 15.0. The van der Waals surface area contributed by atoms with Crippen LogP contribution in [0, 0.1) is 5.92 Å². The number of benzene rings is 1. The average Bonchev–Trinajstić information content (AvgIpc) is 3.08. The Labute approximate surface area is 158 Å². The van der Waals surface area contributed by atoms with Crippen molar-refractivity contribution in [3.63, 3.8) is 0 Å². The van der Waals surface area contributed by atoms with Crippen LogP contribution in [0.5, 0.6) is 0 Å². The molecule has 0 spiro atoms. The van der Waals surface area contributed by atoms with E-state index < -0.39 is 0 Å². The average molecular weight is 375 g/mol. The van der Waals surface area contributed by atoms with Crippen LogP contribution in [0.4, 0.5) is 0 Å². The van der Waals surface area contributed by atoms with Crippen molar-refractivity contribution in [1.29, 1.82) is 0 Å². The van der Waals surface area contributed by atoms with Crippen molar-refractivity contribution in [2.24, 2.45) is 5.92 Å². The SMILES string of the molecule is O=C(CSc1ncc(CO)n1CC1CCCCC1)OCc1ccccc1. The number of thioether (sulfide) groups is 1. The van der Waals surface area contributed by atoms with Gasteiger partial charge in [0.15, 0.2) is 5.16 Å². The first kappa shape index (κ1) is 19.0. The van der Waals surface area contributed by atoms with Crippen LogP contribution in [0.3, 0.4) is 0 Å². The van der Waals surface area contributed by atoms with Gasteiger partial charge in [-0.15, -0.1) is 0 Å². The molecule has 1 aromatic heterocycles. The number of carbonyl (C=O) groups is 1. The summed E-state index contributed by atoms with van der Waals surface area (Å²) in [6.45, 7) is 1.13. The minimum atomic E-state index is -0.253. The fourth-order valence-electron chi connectivity index (χ4n) is 3.36. The van der Waals surface area contributed by atoms with E-state index in [0.29, 0.717) is 12.5 Å². The normalized spacial score (nSPS) is 15.1. The van der Waals surface area contributed by atoms with Crippen molar-refractivity contribution in [2.45, 2.75) is 57.0 Å². The van der Waals surface area contributed by atoms with Crippen molar-refractivity contribution >= 4 is 17.7 Å². The maximum atomic E-state index is 12.0. The number of nitrogens with zero attached hydrogens (tertiary/aromatic N) is 2. The standard InChI is InChI=1S/C20H26N2O3S/c23-13-18-11-21-20(22(18)12-16-7-3-1-4-8-16)26-15-19(24)25-14-17-9-5-2-6-10-17/h2,5-6,9-11,16,23H,1,3-4,7-8,12-15H2. The van der Waals surface area contributed by atoms with Gasteiger partial charge in [0.1, 0.15) is 6.61 Å². The number of ether oxygens (including phenoxy) is 1. The fourth-order valence-corrected chi connectivity index (χ4v) is 4.16. The van der Waals surface area contributed by atoms with E-state index in [2.05, 4.69) is 9.55 Å². The van der Waals surface area contributed by atoms with Crippen molar-refractivity contribution in [1.82, 2.24) is 9.55 Å². The summed E-state index contributed by atoms with van der Waals surface area (Å²) in [7, 11) is 0. The third kappa shape index (κ3) is 5.35. The van der Waals surface area contributed by atoms with Gasteiger partial charge in [0.25, 0.3) is 0 Å². The summed E-state index contributed by atoms with van der Waals surface area (Å²) < 4.78 is 7.40. The maximum Gasteiger partial charge on any atom is 0.316 e. The highest BCUT2D eigenvalue weighted by Crippen LogP contribution is 2.28. The lowest BCUT2D eigenvalue weighted by Crippen LogP contribution is -2.17. The number of esters is 1. The van der Waals surface area contributed by atoms with Crippen LogP contribution in [-0.2, 0) is 29.3 Å². The number of hydrogen-bond donors (Lipinski definition) is 1. The van der Waals surface area contributed by atoms with E-state index in [0.717, 1.165) is 23.0 Å². The first-order valence-electron chi connectivity index (χ1n) is 9.24. The molecule has 140 valence electrons. The molecule has 0 radical (unpaired) electrons. The van der Waals surface area contributed by atoms with Gasteiger partial charge in [-0.1, -0.05) is 61.4 Å². The molecule has 1 saturated carbocycles. The highest BCUT2D eigenvalue weighted by atomic mass is 32.2. The molecule has 6 heteroatoms. The van der Waals surface area contributed by atoms with Crippen molar-refractivity contribution < 1.29 is 14.6 Å². The Balaban J connectivity index is 1.53. The Morgan fingerprint density at radius 1 is 1.23 bits per heavy atom. The van der Waals surface area contributed by atoms with Gasteiger partial charge in [0.2, 0.25) is 0 Å². The second-order valence-corrected chi connectivity index (χ2v) is 7.68. The Hall–Kier alpha value is -1.79. The van der Waals surface area contributed by atoms with E-state index in [1.165, 1.54) is 43.9 Å². The Kier molecular flexibility index (Phi) is 7.14. The molecule has 0 unspecified atom stereocenters. The predicted octanol–water partition coefficient (Wildman–Crippen LogP) is 3.79. The third-order valence-electron chi connectivity index (χ3n) is 4.79. The lowest BCUT2D eigenvalue weighted by Gasteiger charge is -2.23. The summed E-state index contributed by atoms with van der Waals surface area (Å²) in [5, 5.41) is 10.4. The highest BCUT2D eigenvalue weighted by molar-refractivity contribution is 7.99. The summed E-state index contributed by atoms with van der Waals surface area (Å²) in [6.07, 6.45) is 8.05. The van der Waals surface area contributed by atoms with E-state index in [1.807, 2.05) is 30.3 Å². The summed E-state index contributed by atoms with van der Waals surface area (Å²) >= 11 is 1.38. The van der Waals surface area contributed by atoms with E-state index in [4.69, 9.17) is 4.74 Å². The number of imidazole rings is 1. The second kappa shape index (κ2) is 9.78. The highest BCUT2D eigenvalue weighted by Gasteiger charge is 2.19. The van der Waals surface area contributed by atoms with Crippen LogP contribution in [0.25, 0.3) is 0 Å². The van der Waals surface area contributed by atoms with Crippen molar-refractivity contribution in [3.05, 3.63) is 47.8 Å². The van der Waals surface area contributed by atoms with Gasteiger partial charge in [-0.05, 0) is 24.3 Å².